The molecule has 0 aliphatic carbocycles. The van der Waals surface area contributed by atoms with Crippen molar-refractivity contribution in [1.29, 1.82) is 0 Å². The van der Waals surface area contributed by atoms with Gasteiger partial charge in [0.2, 0.25) is 0 Å². The molecule has 1 aliphatic rings. The Kier molecular flexibility index (Phi) is 3.81. The number of hydrogen-bond donors (Lipinski definition) is 2. The van der Waals surface area contributed by atoms with Gasteiger partial charge in [0.1, 0.15) is 0 Å². The van der Waals surface area contributed by atoms with E-state index in [1.807, 2.05) is 11.8 Å². The zero-order valence-electron chi connectivity index (χ0n) is 11.3. The van der Waals surface area contributed by atoms with Gasteiger partial charge in [-0.15, -0.1) is 11.8 Å². The number of nitrogens with two attached hydrogens (primary N) is 2. The van der Waals surface area contributed by atoms with Crippen LogP contribution in [-0.2, 0) is 5.75 Å². The lowest BCUT2D eigenvalue weighted by atomic mass is 9.92. The van der Waals surface area contributed by atoms with Gasteiger partial charge >= 0.3 is 0 Å². The van der Waals surface area contributed by atoms with E-state index < -0.39 is 0 Å². The van der Waals surface area contributed by atoms with Gasteiger partial charge in [-0.2, -0.15) is 0 Å². The lowest BCUT2D eigenvalue weighted by Crippen LogP contribution is -2.10. The summed E-state index contributed by atoms with van der Waals surface area (Å²) in [6.07, 6.45) is 0.725. The van der Waals surface area contributed by atoms with Crippen molar-refractivity contribution in [3.05, 3.63) is 70.9 Å². The maximum Gasteiger partial charge on any atom is 0.0238 e. The highest BCUT2D eigenvalue weighted by atomic mass is 32.2. The van der Waals surface area contributed by atoms with Crippen LogP contribution in [0, 0.1) is 0 Å². The highest BCUT2D eigenvalue weighted by Gasteiger charge is 2.19. The van der Waals surface area contributed by atoms with Crippen LogP contribution >= 0.6 is 11.8 Å². The standard InChI is InChI=1S/C17H18N2S/c18-10-9-15(19)17-13-6-2-1-5-12(13)11-20-16-8-4-3-7-14(16)17/h1-8H,9-11,18-19H2. The van der Waals surface area contributed by atoms with E-state index in [9.17, 15) is 0 Å². The molecule has 0 radical (unpaired) electrons. The molecule has 3 heteroatoms. The van der Waals surface area contributed by atoms with Gasteiger partial charge in [-0.1, -0.05) is 42.5 Å². The average Bonchev–Trinajstić information content (AvgIpc) is 2.64. The van der Waals surface area contributed by atoms with Crippen molar-refractivity contribution in [2.75, 3.05) is 6.54 Å². The Morgan fingerprint density at radius 1 is 1.00 bits per heavy atom. The Balaban J connectivity index is 2.27. The molecule has 0 bridgehead atoms. The summed E-state index contributed by atoms with van der Waals surface area (Å²) in [5, 5.41) is 0. The predicted octanol–water partition coefficient (Wildman–Crippen LogP) is 3.36. The SMILES string of the molecule is NCCC(N)=C1c2ccccc2CSc2ccccc21. The second kappa shape index (κ2) is 5.73. The maximum atomic E-state index is 6.35. The third-order valence-electron chi connectivity index (χ3n) is 3.56. The first kappa shape index (κ1) is 13.3. The van der Waals surface area contributed by atoms with Crippen LogP contribution in [-0.4, -0.2) is 6.54 Å². The van der Waals surface area contributed by atoms with E-state index in [2.05, 4.69) is 48.5 Å². The molecule has 102 valence electrons. The zero-order valence-corrected chi connectivity index (χ0v) is 12.1. The summed E-state index contributed by atoms with van der Waals surface area (Å²) in [6.45, 7) is 0.576. The summed E-state index contributed by atoms with van der Waals surface area (Å²) >= 11 is 1.87. The van der Waals surface area contributed by atoms with Crippen LogP contribution < -0.4 is 11.5 Å². The highest BCUT2D eigenvalue weighted by Crippen LogP contribution is 2.40. The van der Waals surface area contributed by atoms with Gasteiger partial charge in [0, 0.05) is 21.9 Å². The summed E-state index contributed by atoms with van der Waals surface area (Å²) < 4.78 is 0. The summed E-state index contributed by atoms with van der Waals surface area (Å²) in [5.41, 5.74) is 17.9. The maximum absolute atomic E-state index is 6.35. The molecule has 0 unspecified atom stereocenters. The van der Waals surface area contributed by atoms with Crippen molar-refractivity contribution >= 4 is 17.3 Å². The Bertz CT molecular complexity index is 612. The predicted molar refractivity (Wildman–Crippen MR) is 86.3 cm³/mol. The van der Waals surface area contributed by atoms with Crippen molar-refractivity contribution in [1.82, 2.24) is 0 Å². The van der Waals surface area contributed by atoms with Crippen molar-refractivity contribution in [2.45, 2.75) is 17.1 Å². The molecule has 0 saturated carbocycles. The van der Waals surface area contributed by atoms with Crippen molar-refractivity contribution < 1.29 is 0 Å². The van der Waals surface area contributed by atoms with Gasteiger partial charge in [-0.25, -0.2) is 0 Å². The number of benzene rings is 2. The molecule has 0 amide bonds. The molecule has 3 rings (SSSR count). The van der Waals surface area contributed by atoms with Gasteiger partial charge in [0.25, 0.3) is 0 Å². The van der Waals surface area contributed by atoms with E-state index in [1.165, 1.54) is 21.6 Å². The Hall–Kier alpha value is -1.71. The van der Waals surface area contributed by atoms with Crippen LogP contribution in [0.4, 0.5) is 0 Å². The molecule has 0 saturated heterocycles. The van der Waals surface area contributed by atoms with E-state index in [0.29, 0.717) is 6.54 Å². The first-order valence-corrected chi connectivity index (χ1v) is 7.79. The fourth-order valence-electron chi connectivity index (χ4n) is 2.62. The van der Waals surface area contributed by atoms with E-state index >= 15 is 0 Å². The second-order valence-corrected chi connectivity index (χ2v) is 5.90. The molecule has 2 aromatic rings. The molecule has 2 nitrogen and oxygen atoms in total. The van der Waals surface area contributed by atoms with Crippen LogP contribution in [0.3, 0.4) is 0 Å². The largest absolute Gasteiger partial charge is 0.401 e. The topological polar surface area (TPSA) is 52.0 Å². The molecular formula is C17H18N2S. The smallest absolute Gasteiger partial charge is 0.0238 e. The van der Waals surface area contributed by atoms with Gasteiger partial charge in [-0.3, -0.25) is 0 Å². The molecular weight excluding hydrogens is 264 g/mol. The molecule has 0 atom stereocenters. The fraction of sp³-hybridized carbons (Fsp3) is 0.176. The number of hydrogen-bond acceptors (Lipinski definition) is 3. The quantitative estimate of drug-likeness (QED) is 0.888. The van der Waals surface area contributed by atoms with E-state index in [1.54, 1.807) is 0 Å². The lowest BCUT2D eigenvalue weighted by Gasteiger charge is -2.14. The number of thioether (sulfide) groups is 1. The van der Waals surface area contributed by atoms with Gasteiger partial charge < -0.3 is 11.5 Å². The monoisotopic (exact) mass is 282 g/mol. The Labute approximate surface area is 123 Å². The second-order valence-electron chi connectivity index (χ2n) is 4.88. The minimum Gasteiger partial charge on any atom is -0.401 e. The van der Waals surface area contributed by atoms with Crippen molar-refractivity contribution in [3.8, 4) is 0 Å². The Morgan fingerprint density at radius 3 is 2.50 bits per heavy atom. The average molecular weight is 282 g/mol. The first-order valence-electron chi connectivity index (χ1n) is 6.80. The van der Waals surface area contributed by atoms with E-state index in [4.69, 9.17) is 11.5 Å². The third kappa shape index (κ3) is 2.35. The number of rotatable bonds is 2. The molecule has 20 heavy (non-hydrogen) atoms. The van der Waals surface area contributed by atoms with Crippen LogP contribution in [0.2, 0.25) is 0 Å². The summed E-state index contributed by atoms with van der Waals surface area (Å²) in [7, 11) is 0. The van der Waals surface area contributed by atoms with Crippen LogP contribution in [0.5, 0.6) is 0 Å². The van der Waals surface area contributed by atoms with Crippen LogP contribution in [0.25, 0.3) is 5.57 Å². The van der Waals surface area contributed by atoms with Crippen LogP contribution in [0.15, 0.2) is 59.1 Å². The first-order chi connectivity index (χ1) is 9.81. The highest BCUT2D eigenvalue weighted by molar-refractivity contribution is 7.98. The van der Waals surface area contributed by atoms with Crippen molar-refractivity contribution in [2.24, 2.45) is 11.5 Å². The minimum absolute atomic E-state index is 0.576. The molecule has 1 aliphatic heterocycles. The molecule has 4 N–H and O–H groups in total. The molecule has 0 aromatic heterocycles. The summed E-state index contributed by atoms with van der Waals surface area (Å²) in [4.78, 5) is 1.29. The van der Waals surface area contributed by atoms with E-state index in [-0.39, 0.29) is 0 Å². The molecule has 1 heterocycles. The fourth-order valence-corrected chi connectivity index (χ4v) is 3.68. The van der Waals surface area contributed by atoms with E-state index in [0.717, 1.165) is 23.4 Å². The summed E-state index contributed by atoms with van der Waals surface area (Å²) in [6, 6.07) is 17.0. The number of fused-ring (bicyclic) bond motifs is 2. The minimum atomic E-state index is 0.576. The van der Waals surface area contributed by atoms with Gasteiger partial charge in [0.15, 0.2) is 0 Å². The molecule has 2 aromatic carbocycles. The molecule has 0 fully saturated rings. The lowest BCUT2D eigenvalue weighted by molar-refractivity contribution is 0.937. The zero-order chi connectivity index (χ0) is 13.9. The van der Waals surface area contributed by atoms with Crippen LogP contribution in [0.1, 0.15) is 23.1 Å². The third-order valence-corrected chi connectivity index (χ3v) is 4.68. The molecule has 0 spiro atoms. The summed E-state index contributed by atoms with van der Waals surface area (Å²) in [5.74, 6) is 0.979. The van der Waals surface area contributed by atoms with Gasteiger partial charge in [-0.05, 0) is 35.7 Å². The van der Waals surface area contributed by atoms with Gasteiger partial charge in [0.05, 0.1) is 0 Å². The Morgan fingerprint density at radius 2 is 1.70 bits per heavy atom. The van der Waals surface area contributed by atoms with Crippen molar-refractivity contribution in [3.63, 3.8) is 0 Å². The normalized spacial score (nSPS) is 16.1.